The van der Waals surface area contributed by atoms with Crippen molar-refractivity contribution in [3.8, 4) is 16.9 Å². The van der Waals surface area contributed by atoms with E-state index in [1.54, 1.807) is 0 Å². The molecule has 0 amide bonds. The fraction of sp³-hybridized carbons (Fsp3) is 0.333. The fourth-order valence-electron chi connectivity index (χ4n) is 3.97. The summed E-state index contributed by atoms with van der Waals surface area (Å²) in [6.07, 6.45) is 1.83. The Morgan fingerprint density at radius 2 is 1.73 bits per heavy atom. The molecule has 0 bridgehead atoms. The van der Waals surface area contributed by atoms with Crippen LogP contribution < -0.4 is 4.74 Å². The molecule has 0 aliphatic carbocycles. The Hall–Kier alpha value is -2.62. The Labute approximate surface area is 180 Å². The molecule has 3 rings (SSSR count). The van der Waals surface area contributed by atoms with E-state index in [9.17, 15) is 10.2 Å². The second-order valence-electron chi connectivity index (χ2n) is 7.93. The summed E-state index contributed by atoms with van der Waals surface area (Å²) in [5.74, 6) is 1.24. The molecule has 0 fully saturated rings. The molecule has 0 aliphatic rings. The summed E-state index contributed by atoms with van der Waals surface area (Å²) in [5, 5.41) is 18.6. The van der Waals surface area contributed by atoms with E-state index in [1.807, 2.05) is 31.2 Å². The SMILES string of the molecule is CCC(CCO)c1ccc(-c2cccc(OCc3ccc(CO)c(C)c3)c2)c(C)c1. The van der Waals surface area contributed by atoms with Crippen LogP contribution in [0.2, 0.25) is 0 Å². The molecule has 30 heavy (non-hydrogen) atoms. The van der Waals surface area contributed by atoms with E-state index in [4.69, 9.17) is 4.74 Å². The molecule has 3 nitrogen and oxygen atoms in total. The van der Waals surface area contributed by atoms with E-state index in [-0.39, 0.29) is 13.2 Å². The molecule has 158 valence electrons. The molecule has 3 heteroatoms. The number of rotatable bonds is 9. The van der Waals surface area contributed by atoms with Gasteiger partial charge in [-0.2, -0.15) is 0 Å². The van der Waals surface area contributed by atoms with Crippen molar-refractivity contribution in [3.63, 3.8) is 0 Å². The standard InChI is InChI=1S/C27H32O3/c1-4-22(12-13-28)23-10-11-27(20(3)15-23)24-6-5-7-26(16-24)30-18-21-8-9-25(17-29)19(2)14-21/h5-11,14-16,22,28-29H,4,12-13,17-18H2,1-3H3. The fourth-order valence-corrected chi connectivity index (χ4v) is 3.97. The van der Waals surface area contributed by atoms with Crippen molar-refractivity contribution < 1.29 is 14.9 Å². The van der Waals surface area contributed by atoms with E-state index in [0.29, 0.717) is 12.5 Å². The predicted molar refractivity (Wildman–Crippen MR) is 123 cm³/mol. The Morgan fingerprint density at radius 3 is 2.40 bits per heavy atom. The smallest absolute Gasteiger partial charge is 0.120 e. The Morgan fingerprint density at radius 1 is 0.900 bits per heavy atom. The third-order valence-electron chi connectivity index (χ3n) is 5.82. The molecule has 1 atom stereocenters. The first-order chi connectivity index (χ1) is 14.5. The van der Waals surface area contributed by atoms with Gasteiger partial charge in [-0.3, -0.25) is 0 Å². The number of aliphatic hydroxyl groups is 2. The lowest BCUT2D eigenvalue weighted by Gasteiger charge is -2.17. The summed E-state index contributed by atoms with van der Waals surface area (Å²) >= 11 is 0. The zero-order valence-corrected chi connectivity index (χ0v) is 18.2. The maximum Gasteiger partial charge on any atom is 0.120 e. The molecular weight excluding hydrogens is 372 g/mol. The van der Waals surface area contributed by atoms with Gasteiger partial charge in [0.05, 0.1) is 6.61 Å². The first-order valence-electron chi connectivity index (χ1n) is 10.7. The lowest BCUT2D eigenvalue weighted by atomic mass is 9.89. The number of aryl methyl sites for hydroxylation is 2. The minimum atomic E-state index is 0.0617. The van der Waals surface area contributed by atoms with Gasteiger partial charge < -0.3 is 14.9 Å². The molecule has 2 N–H and O–H groups in total. The molecule has 0 spiro atoms. The number of benzene rings is 3. The number of ether oxygens (including phenoxy) is 1. The zero-order valence-electron chi connectivity index (χ0n) is 18.2. The van der Waals surface area contributed by atoms with Gasteiger partial charge in [0.2, 0.25) is 0 Å². The van der Waals surface area contributed by atoms with Gasteiger partial charge in [-0.1, -0.05) is 55.5 Å². The average Bonchev–Trinajstić information content (AvgIpc) is 2.76. The summed E-state index contributed by atoms with van der Waals surface area (Å²) in [6, 6.07) is 20.8. The first-order valence-corrected chi connectivity index (χ1v) is 10.7. The summed E-state index contributed by atoms with van der Waals surface area (Å²) < 4.78 is 6.04. The van der Waals surface area contributed by atoms with Gasteiger partial charge in [0.15, 0.2) is 0 Å². The van der Waals surface area contributed by atoms with E-state index < -0.39 is 0 Å². The molecule has 3 aromatic carbocycles. The molecule has 0 saturated heterocycles. The van der Waals surface area contributed by atoms with Crippen LogP contribution in [0.1, 0.15) is 53.5 Å². The monoisotopic (exact) mass is 404 g/mol. The minimum absolute atomic E-state index is 0.0617. The highest BCUT2D eigenvalue weighted by Crippen LogP contribution is 2.31. The second-order valence-corrected chi connectivity index (χ2v) is 7.93. The third-order valence-corrected chi connectivity index (χ3v) is 5.82. The molecule has 0 saturated carbocycles. The highest BCUT2D eigenvalue weighted by atomic mass is 16.5. The minimum Gasteiger partial charge on any atom is -0.489 e. The topological polar surface area (TPSA) is 49.7 Å². The predicted octanol–water partition coefficient (Wildman–Crippen LogP) is 5.92. The maximum absolute atomic E-state index is 9.32. The Kier molecular flexibility index (Phi) is 7.67. The Balaban J connectivity index is 1.76. The van der Waals surface area contributed by atoms with Gasteiger partial charge in [0, 0.05) is 6.61 Å². The zero-order chi connectivity index (χ0) is 21.5. The average molecular weight is 405 g/mol. The molecule has 0 aliphatic heterocycles. The second kappa shape index (κ2) is 10.4. The Bertz CT molecular complexity index is 978. The van der Waals surface area contributed by atoms with Crippen LogP contribution in [-0.4, -0.2) is 16.8 Å². The lowest BCUT2D eigenvalue weighted by molar-refractivity contribution is 0.274. The van der Waals surface area contributed by atoms with Crippen LogP contribution in [0.5, 0.6) is 5.75 Å². The number of hydrogen-bond donors (Lipinski definition) is 2. The van der Waals surface area contributed by atoms with Gasteiger partial charge in [-0.15, -0.1) is 0 Å². The van der Waals surface area contributed by atoms with Crippen LogP contribution in [0.15, 0.2) is 60.7 Å². The van der Waals surface area contributed by atoms with E-state index in [1.165, 1.54) is 16.7 Å². The van der Waals surface area contributed by atoms with Crippen molar-refractivity contribution in [1.82, 2.24) is 0 Å². The van der Waals surface area contributed by atoms with Crippen molar-refractivity contribution in [1.29, 1.82) is 0 Å². The van der Waals surface area contributed by atoms with Gasteiger partial charge in [-0.25, -0.2) is 0 Å². The van der Waals surface area contributed by atoms with Crippen molar-refractivity contribution in [3.05, 3.63) is 88.5 Å². The van der Waals surface area contributed by atoms with Crippen LogP contribution in [0.25, 0.3) is 11.1 Å². The van der Waals surface area contributed by atoms with Crippen LogP contribution >= 0.6 is 0 Å². The van der Waals surface area contributed by atoms with Crippen LogP contribution in [0.4, 0.5) is 0 Å². The maximum atomic E-state index is 9.32. The van der Waals surface area contributed by atoms with Gasteiger partial charge in [0.1, 0.15) is 12.4 Å². The molecule has 0 aromatic heterocycles. The van der Waals surface area contributed by atoms with E-state index in [2.05, 4.69) is 50.2 Å². The number of hydrogen-bond acceptors (Lipinski definition) is 3. The third kappa shape index (κ3) is 5.29. The van der Waals surface area contributed by atoms with Crippen LogP contribution in [-0.2, 0) is 13.2 Å². The largest absolute Gasteiger partial charge is 0.489 e. The van der Waals surface area contributed by atoms with E-state index >= 15 is 0 Å². The van der Waals surface area contributed by atoms with Gasteiger partial charge in [-0.05, 0) is 83.7 Å². The molecule has 0 heterocycles. The number of aliphatic hydroxyl groups excluding tert-OH is 2. The summed E-state index contributed by atoms with van der Waals surface area (Å²) in [7, 11) is 0. The molecule has 1 unspecified atom stereocenters. The van der Waals surface area contributed by atoms with Crippen molar-refractivity contribution in [2.45, 2.75) is 52.7 Å². The van der Waals surface area contributed by atoms with Gasteiger partial charge in [0.25, 0.3) is 0 Å². The summed E-state index contributed by atoms with van der Waals surface area (Å²) in [4.78, 5) is 0. The van der Waals surface area contributed by atoms with Crippen LogP contribution in [0, 0.1) is 13.8 Å². The van der Waals surface area contributed by atoms with Crippen molar-refractivity contribution >= 4 is 0 Å². The highest BCUT2D eigenvalue weighted by Gasteiger charge is 2.11. The first kappa shape index (κ1) is 22.1. The van der Waals surface area contributed by atoms with Crippen molar-refractivity contribution in [2.24, 2.45) is 0 Å². The quantitative estimate of drug-likeness (QED) is 0.465. The van der Waals surface area contributed by atoms with E-state index in [0.717, 1.165) is 40.8 Å². The lowest BCUT2D eigenvalue weighted by Crippen LogP contribution is -2.01. The van der Waals surface area contributed by atoms with Crippen LogP contribution in [0.3, 0.4) is 0 Å². The molecular formula is C27H32O3. The normalized spacial score (nSPS) is 12.0. The summed E-state index contributed by atoms with van der Waals surface area (Å²) in [6.45, 7) is 7.10. The highest BCUT2D eigenvalue weighted by molar-refractivity contribution is 5.69. The molecule has 0 radical (unpaired) electrons. The molecule has 3 aromatic rings. The summed E-state index contributed by atoms with van der Waals surface area (Å²) in [5.41, 5.74) is 7.98. The van der Waals surface area contributed by atoms with Gasteiger partial charge >= 0.3 is 0 Å². The van der Waals surface area contributed by atoms with Crippen molar-refractivity contribution in [2.75, 3.05) is 6.61 Å².